The molecule has 0 saturated carbocycles. The summed E-state index contributed by atoms with van der Waals surface area (Å²) in [6.07, 6.45) is 0. The molecule has 0 N–H and O–H groups in total. The normalized spacial score (nSPS) is 13.8. The Morgan fingerprint density at radius 1 is 1.07 bits per heavy atom. The van der Waals surface area contributed by atoms with Crippen LogP contribution in [0.15, 0.2) is 48.5 Å². The number of carbonyl (C=O) groups excluding carboxylic acids is 4. The Bertz CT molecular complexity index is 980. The van der Waals surface area contributed by atoms with Gasteiger partial charge >= 0.3 is 5.97 Å². The molecule has 1 heterocycles. The lowest BCUT2D eigenvalue weighted by Gasteiger charge is -2.20. The summed E-state index contributed by atoms with van der Waals surface area (Å²) in [5.74, 6) is -2.81. The van der Waals surface area contributed by atoms with Gasteiger partial charge in [-0.2, -0.15) is 0 Å². The average molecular weight is 382 g/mol. The molecule has 0 aromatic heterocycles. The molecule has 9 nitrogen and oxygen atoms in total. The van der Waals surface area contributed by atoms with Crippen LogP contribution < -0.4 is 0 Å². The average Bonchev–Trinajstić information content (AvgIpc) is 2.96. The molecule has 0 bridgehead atoms. The predicted octanol–water partition coefficient (Wildman–Crippen LogP) is 2.01. The summed E-state index contributed by atoms with van der Waals surface area (Å²) < 4.78 is 4.92. The number of carbonyl (C=O) groups is 4. The van der Waals surface area contributed by atoms with Gasteiger partial charge < -0.3 is 4.74 Å². The second-order valence-corrected chi connectivity index (χ2v) is 6.04. The van der Waals surface area contributed by atoms with Crippen LogP contribution in [0.3, 0.4) is 0 Å². The number of non-ortho nitro benzene ring substituents is 1. The van der Waals surface area contributed by atoms with E-state index in [0.29, 0.717) is 0 Å². The van der Waals surface area contributed by atoms with Crippen LogP contribution in [0, 0.1) is 10.1 Å². The van der Waals surface area contributed by atoms with Gasteiger partial charge in [0.05, 0.1) is 16.1 Å². The molecule has 2 aromatic rings. The molecular weight excluding hydrogens is 368 g/mol. The SMILES string of the molecule is CC(C(=O)OCC(=O)c1cccc([N+](=O)[O-])c1)N1C(=O)c2ccccc2C1=O. The van der Waals surface area contributed by atoms with Gasteiger partial charge in [-0.1, -0.05) is 24.3 Å². The number of hydrogen-bond donors (Lipinski definition) is 0. The minimum absolute atomic E-state index is 0.00961. The van der Waals surface area contributed by atoms with Crippen molar-refractivity contribution >= 4 is 29.3 Å². The maximum atomic E-state index is 12.4. The van der Waals surface area contributed by atoms with Gasteiger partial charge in [0.15, 0.2) is 6.61 Å². The topological polar surface area (TPSA) is 124 Å². The van der Waals surface area contributed by atoms with Gasteiger partial charge in [0.25, 0.3) is 17.5 Å². The van der Waals surface area contributed by atoms with E-state index in [1.54, 1.807) is 12.1 Å². The fraction of sp³-hybridized carbons (Fsp3) is 0.158. The fourth-order valence-corrected chi connectivity index (χ4v) is 2.80. The highest BCUT2D eigenvalue weighted by Crippen LogP contribution is 2.24. The molecule has 1 unspecified atom stereocenters. The number of nitrogens with zero attached hydrogens (tertiary/aromatic N) is 2. The number of fused-ring (bicyclic) bond motifs is 1. The molecule has 0 fully saturated rings. The highest BCUT2D eigenvalue weighted by atomic mass is 16.6. The molecule has 0 spiro atoms. The Morgan fingerprint density at radius 3 is 2.25 bits per heavy atom. The summed E-state index contributed by atoms with van der Waals surface area (Å²) in [6.45, 7) is 0.648. The molecular formula is C19H14N2O7. The van der Waals surface area contributed by atoms with Crippen molar-refractivity contribution in [3.63, 3.8) is 0 Å². The van der Waals surface area contributed by atoms with E-state index in [9.17, 15) is 29.3 Å². The van der Waals surface area contributed by atoms with E-state index in [2.05, 4.69) is 0 Å². The predicted molar refractivity (Wildman–Crippen MR) is 94.8 cm³/mol. The standard InChI is InChI=1S/C19H14N2O7/c1-11(20-17(23)14-7-2-3-8-15(14)18(20)24)19(25)28-10-16(22)12-5-4-6-13(9-12)21(26)27/h2-9,11H,10H2,1H3. The van der Waals surface area contributed by atoms with Crippen molar-refractivity contribution < 1.29 is 28.8 Å². The largest absolute Gasteiger partial charge is 0.456 e. The first-order chi connectivity index (χ1) is 13.3. The maximum Gasteiger partial charge on any atom is 0.329 e. The smallest absolute Gasteiger partial charge is 0.329 e. The van der Waals surface area contributed by atoms with Crippen LogP contribution in [0.5, 0.6) is 0 Å². The van der Waals surface area contributed by atoms with Gasteiger partial charge in [0, 0.05) is 17.7 Å². The summed E-state index contributed by atoms with van der Waals surface area (Å²) >= 11 is 0. The first kappa shape index (κ1) is 18.9. The van der Waals surface area contributed by atoms with Crippen LogP contribution in [0.25, 0.3) is 0 Å². The zero-order valence-corrected chi connectivity index (χ0v) is 14.7. The summed E-state index contributed by atoms with van der Waals surface area (Å²) in [7, 11) is 0. The number of benzene rings is 2. The van der Waals surface area contributed by atoms with E-state index in [1.807, 2.05) is 0 Å². The van der Waals surface area contributed by atoms with Crippen LogP contribution in [-0.2, 0) is 9.53 Å². The van der Waals surface area contributed by atoms with Crippen molar-refractivity contribution in [1.29, 1.82) is 0 Å². The molecule has 2 amide bonds. The van der Waals surface area contributed by atoms with E-state index in [1.165, 1.54) is 37.3 Å². The lowest BCUT2D eigenvalue weighted by Crippen LogP contribution is -2.44. The Kier molecular flexibility index (Phi) is 4.99. The molecule has 1 aliphatic rings. The van der Waals surface area contributed by atoms with E-state index in [0.717, 1.165) is 11.0 Å². The second kappa shape index (κ2) is 7.39. The molecule has 0 aliphatic carbocycles. The van der Waals surface area contributed by atoms with Crippen molar-refractivity contribution in [2.75, 3.05) is 6.61 Å². The molecule has 1 aliphatic heterocycles. The second-order valence-electron chi connectivity index (χ2n) is 6.04. The van der Waals surface area contributed by atoms with Crippen LogP contribution in [0.4, 0.5) is 5.69 Å². The van der Waals surface area contributed by atoms with Gasteiger partial charge in [-0.15, -0.1) is 0 Å². The van der Waals surface area contributed by atoms with Crippen LogP contribution in [0.2, 0.25) is 0 Å². The van der Waals surface area contributed by atoms with Gasteiger partial charge in [0.2, 0.25) is 5.78 Å². The molecule has 0 radical (unpaired) electrons. The molecule has 3 rings (SSSR count). The number of rotatable bonds is 6. The van der Waals surface area contributed by atoms with Crippen molar-refractivity contribution in [1.82, 2.24) is 4.90 Å². The summed E-state index contributed by atoms with van der Waals surface area (Å²) in [6, 6.07) is 9.95. The minimum atomic E-state index is -1.23. The van der Waals surface area contributed by atoms with Gasteiger partial charge in [-0.3, -0.25) is 29.4 Å². The van der Waals surface area contributed by atoms with E-state index < -0.39 is 41.1 Å². The van der Waals surface area contributed by atoms with Crippen molar-refractivity contribution in [3.8, 4) is 0 Å². The van der Waals surface area contributed by atoms with Gasteiger partial charge in [0.1, 0.15) is 6.04 Å². The summed E-state index contributed by atoms with van der Waals surface area (Å²) in [5.41, 5.74) is 0.131. The minimum Gasteiger partial charge on any atom is -0.456 e. The zero-order valence-electron chi connectivity index (χ0n) is 14.7. The Balaban J connectivity index is 1.66. The number of hydrogen-bond acceptors (Lipinski definition) is 7. The van der Waals surface area contributed by atoms with Crippen LogP contribution >= 0.6 is 0 Å². The lowest BCUT2D eigenvalue weighted by molar-refractivity contribution is -0.384. The number of ketones is 1. The van der Waals surface area contributed by atoms with E-state index >= 15 is 0 Å². The third-order valence-electron chi connectivity index (χ3n) is 4.28. The Hall–Kier alpha value is -3.88. The van der Waals surface area contributed by atoms with Crippen molar-refractivity contribution in [2.24, 2.45) is 0 Å². The molecule has 28 heavy (non-hydrogen) atoms. The monoisotopic (exact) mass is 382 g/mol. The third-order valence-corrected chi connectivity index (χ3v) is 4.28. The molecule has 1 atom stereocenters. The lowest BCUT2D eigenvalue weighted by atomic mass is 10.1. The Morgan fingerprint density at radius 2 is 1.68 bits per heavy atom. The van der Waals surface area contributed by atoms with E-state index in [4.69, 9.17) is 4.74 Å². The number of imide groups is 1. The number of ether oxygens (including phenoxy) is 1. The quantitative estimate of drug-likeness (QED) is 0.246. The number of esters is 1. The Labute approximate surface area is 158 Å². The first-order valence-corrected chi connectivity index (χ1v) is 8.22. The van der Waals surface area contributed by atoms with Crippen molar-refractivity contribution in [2.45, 2.75) is 13.0 Å². The highest BCUT2D eigenvalue weighted by Gasteiger charge is 2.41. The summed E-state index contributed by atoms with van der Waals surface area (Å²) in [4.78, 5) is 60.1. The molecule has 0 saturated heterocycles. The van der Waals surface area contributed by atoms with Crippen LogP contribution in [-0.4, -0.2) is 46.0 Å². The van der Waals surface area contributed by atoms with Crippen LogP contribution in [0.1, 0.15) is 38.0 Å². The summed E-state index contributed by atoms with van der Waals surface area (Å²) in [5, 5.41) is 10.8. The first-order valence-electron chi connectivity index (χ1n) is 8.22. The molecule has 9 heteroatoms. The van der Waals surface area contributed by atoms with E-state index in [-0.39, 0.29) is 22.4 Å². The van der Waals surface area contributed by atoms with Gasteiger partial charge in [-0.05, 0) is 19.1 Å². The fourth-order valence-electron chi connectivity index (χ4n) is 2.80. The molecule has 2 aromatic carbocycles. The number of nitro groups is 1. The zero-order chi connectivity index (χ0) is 20.4. The van der Waals surface area contributed by atoms with Gasteiger partial charge in [-0.25, -0.2) is 4.79 Å². The number of Topliss-reactive ketones (excluding diaryl/α,β-unsaturated/α-hetero) is 1. The third kappa shape index (κ3) is 3.37. The number of nitro benzene ring substituents is 1. The highest BCUT2D eigenvalue weighted by molar-refractivity contribution is 6.22. The number of amides is 2. The van der Waals surface area contributed by atoms with Crippen molar-refractivity contribution in [3.05, 3.63) is 75.3 Å². The molecule has 142 valence electrons. The maximum absolute atomic E-state index is 12.4.